The SMILES string of the molecule is O=C(CCc1ccc2c(c1)CCN(C1CCOC1)CC2)c1cnc(N2CCCC2)nc1. The average molecular weight is 421 g/mol. The quantitative estimate of drug-likeness (QED) is 0.670. The second kappa shape index (κ2) is 9.45. The van der Waals surface area contributed by atoms with Crippen LogP contribution in [0.25, 0.3) is 0 Å². The number of hydrogen-bond donors (Lipinski definition) is 0. The summed E-state index contributed by atoms with van der Waals surface area (Å²) in [5.74, 6) is 0.869. The summed E-state index contributed by atoms with van der Waals surface area (Å²) in [7, 11) is 0. The van der Waals surface area contributed by atoms with Crippen molar-refractivity contribution in [3.63, 3.8) is 0 Å². The van der Waals surface area contributed by atoms with E-state index in [0.717, 1.165) is 71.0 Å². The van der Waals surface area contributed by atoms with E-state index < -0.39 is 0 Å². The molecule has 2 saturated heterocycles. The van der Waals surface area contributed by atoms with Gasteiger partial charge in [-0.05, 0) is 55.2 Å². The maximum atomic E-state index is 12.7. The number of hydrogen-bond acceptors (Lipinski definition) is 6. The number of carbonyl (C=O) groups excluding carboxylic acids is 1. The summed E-state index contributed by atoms with van der Waals surface area (Å²) < 4.78 is 5.59. The fraction of sp³-hybridized carbons (Fsp3) is 0.560. The number of Topliss-reactive ketones (excluding diaryl/α,β-unsaturated/α-hetero) is 1. The Kier molecular flexibility index (Phi) is 6.27. The molecule has 0 amide bonds. The minimum Gasteiger partial charge on any atom is -0.380 e. The third-order valence-electron chi connectivity index (χ3n) is 7.02. The molecular formula is C25H32N4O2. The lowest BCUT2D eigenvalue weighted by molar-refractivity contribution is 0.0982. The number of aromatic nitrogens is 2. The molecule has 5 rings (SSSR count). The van der Waals surface area contributed by atoms with Crippen molar-refractivity contribution in [1.29, 1.82) is 0 Å². The smallest absolute Gasteiger partial charge is 0.225 e. The molecule has 2 aromatic rings. The molecule has 4 heterocycles. The minimum atomic E-state index is 0.121. The maximum absolute atomic E-state index is 12.7. The molecule has 0 N–H and O–H groups in total. The van der Waals surface area contributed by atoms with Crippen molar-refractivity contribution in [2.24, 2.45) is 0 Å². The van der Waals surface area contributed by atoms with Crippen LogP contribution in [-0.4, -0.2) is 66.1 Å². The van der Waals surface area contributed by atoms with Gasteiger partial charge in [0.1, 0.15) is 0 Å². The molecule has 1 aromatic carbocycles. The van der Waals surface area contributed by atoms with Gasteiger partial charge in [0.2, 0.25) is 5.95 Å². The van der Waals surface area contributed by atoms with Gasteiger partial charge in [-0.3, -0.25) is 9.69 Å². The zero-order chi connectivity index (χ0) is 21.0. The van der Waals surface area contributed by atoms with Crippen molar-refractivity contribution in [3.8, 4) is 0 Å². The summed E-state index contributed by atoms with van der Waals surface area (Å²) >= 11 is 0. The molecule has 1 unspecified atom stereocenters. The number of anilines is 1. The number of aryl methyl sites for hydroxylation is 1. The summed E-state index contributed by atoms with van der Waals surface area (Å²) in [5.41, 5.74) is 4.78. The molecule has 3 aliphatic heterocycles. The van der Waals surface area contributed by atoms with Gasteiger partial charge in [0.05, 0.1) is 12.2 Å². The lowest BCUT2D eigenvalue weighted by Crippen LogP contribution is -2.37. The van der Waals surface area contributed by atoms with Crippen LogP contribution in [0.3, 0.4) is 0 Å². The van der Waals surface area contributed by atoms with Crippen LogP contribution in [-0.2, 0) is 24.0 Å². The first-order valence-electron chi connectivity index (χ1n) is 11.8. The summed E-state index contributed by atoms with van der Waals surface area (Å²) in [5, 5.41) is 0. The highest BCUT2D eigenvalue weighted by molar-refractivity contribution is 5.95. The number of fused-ring (bicyclic) bond motifs is 1. The molecule has 0 saturated carbocycles. The Morgan fingerprint density at radius 2 is 1.81 bits per heavy atom. The Hall–Kier alpha value is -2.31. The van der Waals surface area contributed by atoms with E-state index in [9.17, 15) is 4.79 Å². The molecule has 0 spiro atoms. The third-order valence-corrected chi connectivity index (χ3v) is 7.02. The van der Waals surface area contributed by atoms with Gasteiger partial charge >= 0.3 is 0 Å². The van der Waals surface area contributed by atoms with Gasteiger partial charge < -0.3 is 9.64 Å². The largest absolute Gasteiger partial charge is 0.380 e. The maximum Gasteiger partial charge on any atom is 0.225 e. The predicted octanol–water partition coefficient (Wildman–Crippen LogP) is 3.08. The summed E-state index contributed by atoms with van der Waals surface area (Å²) in [4.78, 5) is 26.3. The molecule has 0 aliphatic carbocycles. The van der Waals surface area contributed by atoms with E-state index in [1.807, 2.05) is 0 Å². The second-order valence-corrected chi connectivity index (χ2v) is 9.05. The van der Waals surface area contributed by atoms with Gasteiger partial charge in [-0.15, -0.1) is 0 Å². The van der Waals surface area contributed by atoms with Gasteiger partial charge in [0, 0.05) is 57.6 Å². The van der Waals surface area contributed by atoms with Crippen molar-refractivity contribution < 1.29 is 9.53 Å². The Labute approximate surface area is 184 Å². The average Bonchev–Trinajstić information content (AvgIpc) is 3.50. The molecule has 3 aliphatic rings. The highest BCUT2D eigenvalue weighted by atomic mass is 16.5. The van der Waals surface area contributed by atoms with Crippen LogP contribution in [0.4, 0.5) is 5.95 Å². The molecule has 2 fully saturated rings. The van der Waals surface area contributed by atoms with Crippen LogP contribution < -0.4 is 4.90 Å². The second-order valence-electron chi connectivity index (χ2n) is 9.05. The van der Waals surface area contributed by atoms with E-state index >= 15 is 0 Å². The van der Waals surface area contributed by atoms with Gasteiger partial charge in [-0.1, -0.05) is 18.2 Å². The number of ketones is 1. The Morgan fingerprint density at radius 3 is 2.55 bits per heavy atom. The van der Waals surface area contributed by atoms with Gasteiger partial charge in [-0.2, -0.15) is 0 Å². The predicted molar refractivity (Wildman–Crippen MR) is 121 cm³/mol. The highest BCUT2D eigenvalue weighted by Gasteiger charge is 2.25. The highest BCUT2D eigenvalue weighted by Crippen LogP contribution is 2.22. The Morgan fingerprint density at radius 1 is 1.03 bits per heavy atom. The Bertz CT molecular complexity index is 902. The molecular weight excluding hydrogens is 388 g/mol. The topological polar surface area (TPSA) is 58.6 Å². The van der Waals surface area contributed by atoms with Gasteiger partial charge in [0.15, 0.2) is 5.78 Å². The van der Waals surface area contributed by atoms with E-state index in [1.165, 1.54) is 29.5 Å². The van der Waals surface area contributed by atoms with Crippen LogP contribution in [0.1, 0.15) is 52.7 Å². The molecule has 1 aromatic heterocycles. The van der Waals surface area contributed by atoms with Crippen LogP contribution in [0, 0.1) is 0 Å². The molecule has 164 valence electrons. The number of benzene rings is 1. The molecule has 1 atom stereocenters. The zero-order valence-electron chi connectivity index (χ0n) is 18.3. The number of carbonyl (C=O) groups is 1. The molecule has 6 heteroatoms. The number of rotatable bonds is 6. The van der Waals surface area contributed by atoms with Crippen LogP contribution in [0.15, 0.2) is 30.6 Å². The van der Waals surface area contributed by atoms with Crippen molar-refractivity contribution >= 4 is 11.7 Å². The van der Waals surface area contributed by atoms with Crippen LogP contribution in [0.5, 0.6) is 0 Å². The molecule has 0 bridgehead atoms. The first-order valence-corrected chi connectivity index (χ1v) is 11.8. The lowest BCUT2D eigenvalue weighted by Gasteiger charge is -2.25. The zero-order valence-corrected chi connectivity index (χ0v) is 18.3. The summed E-state index contributed by atoms with van der Waals surface area (Å²) in [6, 6.07) is 7.39. The van der Waals surface area contributed by atoms with Crippen molar-refractivity contribution in [2.45, 2.75) is 51.0 Å². The fourth-order valence-corrected chi connectivity index (χ4v) is 5.07. The first kappa shape index (κ1) is 20.6. The van der Waals surface area contributed by atoms with E-state index in [4.69, 9.17) is 4.74 Å². The van der Waals surface area contributed by atoms with Gasteiger partial charge in [0.25, 0.3) is 0 Å². The van der Waals surface area contributed by atoms with Crippen molar-refractivity contribution in [1.82, 2.24) is 14.9 Å². The third kappa shape index (κ3) is 4.80. The number of ether oxygens (including phenoxy) is 1. The first-order chi connectivity index (χ1) is 15.3. The summed E-state index contributed by atoms with van der Waals surface area (Å²) in [6.07, 6.45) is 10.4. The molecule has 6 nitrogen and oxygen atoms in total. The Balaban J connectivity index is 1.17. The van der Waals surface area contributed by atoms with Gasteiger partial charge in [-0.25, -0.2) is 9.97 Å². The molecule has 0 radical (unpaired) electrons. The minimum absolute atomic E-state index is 0.121. The van der Waals surface area contributed by atoms with Crippen molar-refractivity contribution in [3.05, 3.63) is 52.8 Å². The lowest BCUT2D eigenvalue weighted by atomic mass is 9.97. The van der Waals surface area contributed by atoms with E-state index in [-0.39, 0.29) is 5.78 Å². The number of nitrogens with zero attached hydrogens (tertiary/aromatic N) is 4. The van der Waals surface area contributed by atoms with E-state index in [1.54, 1.807) is 12.4 Å². The molecule has 31 heavy (non-hydrogen) atoms. The van der Waals surface area contributed by atoms with E-state index in [2.05, 4.69) is 38.0 Å². The van der Waals surface area contributed by atoms with Crippen LogP contribution >= 0.6 is 0 Å². The fourth-order valence-electron chi connectivity index (χ4n) is 5.07. The normalized spacial score (nSPS) is 21.8. The van der Waals surface area contributed by atoms with Crippen LogP contribution in [0.2, 0.25) is 0 Å². The standard InChI is InChI=1S/C25H32N4O2/c30-24(22-16-26-25(27-17-22)29-10-1-2-11-29)6-4-19-3-5-20-7-12-28(13-8-21(20)15-19)23-9-14-31-18-23/h3,5,15-17,23H,1-2,4,6-14,18H2. The monoisotopic (exact) mass is 420 g/mol. The summed E-state index contributed by atoms with van der Waals surface area (Å²) in [6.45, 7) is 6.02. The van der Waals surface area contributed by atoms with E-state index in [0.29, 0.717) is 18.0 Å². The van der Waals surface area contributed by atoms with Crippen molar-refractivity contribution in [2.75, 3.05) is 44.3 Å².